The van der Waals surface area contributed by atoms with Crippen LogP contribution in [-0.4, -0.2) is 57.7 Å². The Morgan fingerprint density at radius 2 is 1.66 bits per heavy atom. The monoisotopic (exact) mass is 707 g/mol. The summed E-state index contributed by atoms with van der Waals surface area (Å²) in [6.07, 6.45) is 5.74. The number of rotatable bonds is 13. The van der Waals surface area contributed by atoms with Crippen LogP contribution in [0.2, 0.25) is 0 Å². The zero-order valence-corrected chi connectivity index (χ0v) is 28.2. The minimum absolute atomic E-state index is 0.0423. The Morgan fingerprint density at radius 1 is 0.880 bits per heavy atom. The SMILES string of the molecule is COc1cc2c(Oc3ccc(CC(=O)C4(C(=O)Nc5ccc(F)c(F)c5)CC4)cc3F)ccnc2cc1OCC1(NC2CCS(=O)CC2)CC1. The fraction of sp³-hybridized carbons (Fsp3) is 0.378. The third kappa shape index (κ3) is 7.20. The first-order chi connectivity index (χ1) is 24.1. The van der Waals surface area contributed by atoms with Crippen LogP contribution < -0.4 is 24.8 Å². The van der Waals surface area contributed by atoms with E-state index in [0.717, 1.165) is 49.3 Å². The van der Waals surface area contributed by atoms with Crippen molar-refractivity contribution in [2.75, 3.05) is 30.5 Å². The number of amides is 1. The Labute approximate surface area is 289 Å². The average molecular weight is 708 g/mol. The van der Waals surface area contributed by atoms with Gasteiger partial charge in [-0.05, 0) is 80.5 Å². The number of nitrogens with zero attached hydrogens (tertiary/aromatic N) is 1. The molecule has 7 rings (SSSR count). The lowest BCUT2D eigenvalue weighted by Crippen LogP contribution is -2.46. The molecule has 0 radical (unpaired) electrons. The van der Waals surface area contributed by atoms with Gasteiger partial charge in [0.1, 0.15) is 17.8 Å². The van der Waals surface area contributed by atoms with Gasteiger partial charge in [0, 0.05) is 64.2 Å². The zero-order valence-electron chi connectivity index (χ0n) is 27.4. The van der Waals surface area contributed by atoms with E-state index in [-0.39, 0.29) is 23.4 Å². The highest BCUT2D eigenvalue weighted by atomic mass is 32.2. The second kappa shape index (κ2) is 13.7. The Morgan fingerprint density at radius 3 is 2.34 bits per heavy atom. The molecule has 2 heterocycles. The lowest BCUT2D eigenvalue weighted by molar-refractivity contribution is -0.132. The van der Waals surface area contributed by atoms with Crippen LogP contribution in [0.15, 0.2) is 60.8 Å². The first kappa shape index (κ1) is 34.0. The summed E-state index contributed by atoms with van der Waals surface area (Å²) in [5.41, 5.74) is -0.462. The highest BCUT2D eigenvalue weighted by Gasteiger charge is 2.55. The Bertz CT molecular complexity index is 1990. The summed E-state index contributed by atoms with van der Waals surface area (Å²) in [7, 11) is 0.822. The van der Waals surface area contributed by atoms with Gasteiger partial charge in [-0.3, -0.25) is 18.8 Å². The number of halogens is 3. The van der Waals surface area contributed by atoms with Gasteiger partial charge in [0.15, 0.2) is 40.5 Å². The molecule has 3 aliphatic rings. The predicted octanol–water partition coefficient (Wildman–Crippen LogP) is 6.40. The van der Waals surface area contributed by atoms with Gasteiger partial charge in [0.05, 0.1) is 18.2 Å². The summed E-state index contributed by atoms with van der Waals surface area (Å²) in [6.45, 7) is 0.449. The molecule has 0 atom stereocenters. The van der Waals surface area contributed by atoms with Crippen molar-refractivity contribution in [3.05, 3.63) is 83.8 Å². The number of ketones is 1. The van der Waals surface area contributed by atoms with Gasteiger partial charge in [-0.1, -0.05) is 6.07 Å². The second-order valence-corrected chi connectivity index (χ2v) is 15.0. The summed E-state index contributed by atoms with van der Waals surface area (Å²) in [5.74, 6) is -1.16. The molecule has 1 aromatic heterocycles. The number of hydrogen-bond acceptors (Lipinski definition) is 8. The maximum absolute atomic E-state index is 15.4. The molecule has 4 aromatic rings. The van der Waals surface area contributed by atoms with E-state index in [1.165, 1.54) is 25.3 Å². The first-order valence-corrected chi connectivity index (χ1v) is 18.0. The standard InChI is InChI=1S/C37H36F3N3O6S/c1-47-32-19-25-29(20-33(32)48-21-36(9-10-36)43-23-7-14-50(46)15-8-23)41-13-6-30(25)49-31-5-2-22(16-28(31)40)17-34(44)37(11-12-37)35(45)42-24-3-4-26(38)27(39)18-24/h2-6,13,16,18-20,23,43H,7-12,14-15,17,21H2,1H3,(H,42,45). The van der Waals surface area contributed by atoms with E-state index in [2.05, 4.69) is 15.6 Å². The van der Waals surface area contributed by atoms with Gasteiger partial charge >= 0.3 is 0 Å². The summed E-state index contributed by atoms with van der Waals surface area (Å²) in [4.78, 5) is 30.6. The highest BCUT2D eigenvalue weighted by molar-refractivity contribution is 7.85. The van der Waals surface area contributed by atoms with Gasteiger partial charge in [0.2, 0.25) is 5.91 Å². The average Bonchev–Trinajstić information content (AvgIpc) is 4.04. The molecule has 0 bridgehead atoms. The number of carbonyl (C=O) groups excluding carboxylic acids is 2. The van der Waals surface area contributed by atoms with E-state index in [9.17, 15) is 22.6 Å². The number of anilines is 1. The van der Waals surface area contributed by atoms with Gasteiger partial charge in [-0.25, -0.2) is 13.2 Å². The lowest BCUT2D eigenvalue weighted by Gasteiger charge is -2.28. The van der Waals surface area contributed by atoms with Gasteiger partial charge in [-0.15, -0.1) is 0 Å². The van der Waals surface area contributed by atoms with Crippen molar-refractivity contribution in [3.8, 4) is 23.0 Å². The van der Waals surface area contributed by atoms with Crippen molar-refractivity contribution in [1.82, 2.24) is 10.3 Å². The number of ether oxygens (including phenoxy) is 3. The fourth-order valence-electron chi connectivity index (χ4n) is 6.35. The molecule has 2 N–H and O–H groups in total. The quantitative estimate of drug-likeness (QED) is 0.154. The van der Waals surface area contributed by atoms with E-state index < -0.39 is 45.4 Å². The third-order valence-electron chi connectivity index (χ3n) is 9.72. The van der Waals surface area contributed by atoms with Crippen LogP contribution in [0.5, 0.6) is 23.0 Å². The van der Waals surface area contributed by atoms with Gasteiger partial charge < -0.3 is 24.8 Å². The topological polar surface area (TPSA) is 116 Å². The highest BCUT2D eigenvalue weighted by Crippen LogP contribution is 2.48. The van der Waals surface area contributed by atoms with Crippen LogP contribution in [0.4, 0.5) is 18.9 Å². The van der Waals surface area contributed by atoms with Gasteiger partial charge in [0.25, 0.3) is 0 Å². The molecule has 262 valence electrons. The number of benzene rings is 3. The second-order valence-electron chi connectivity index (χ2n) is 13.3. The van der Waals surface area contributed by atoms with Crippen LogP contribution in [0.1, 0.15) is 44.1 Å². The number of nitrogens with one attached hydrogen (secondary N) is 2. The molecule has 13 heteroatoms. The molecule has 0 unspecified atom stereocenters. The maximum Gasteiger partial charge on any atom is 0.238 e. The predicted molar refractivity (Wildman–Crippen MR) is 182 cm³/mol. The van der Waals surface area contributed by atoms with Crippen molar-refractivity contribution >= 4 is 39.1 Å². The maximum atomic E-state index is 15.4. The molecule has 1 saturated heterocycles. The minimum Gasteiger partial charge on any atom is -0.493 e. The normalized spacial score (nSPS) is 20.2. The number of pyridine rings is 1. The molecule has 1 amide bonds. The molecule has 2 aliphatic carbocycles. The van der Waals surface area contributed by atoms with Crippen molar-refractivity contribution in [3.63, 3.8) is 0 Å². The molecule has 50 heavy (non-hydrogen) atoms. The zero-order chi connectivity index (χ0) is 35.0. The molecule has 9 nitrogen and oxygen atoms in total. The van der Waals surface area contributed by atoms with E-state index in [0.29, 0.717) is 59.2 Å². The molecule has 0 spiro atoms. The Hall–Kier alpha value is -4.49. The minimum atomic E-state index is -1.30. The molecule has 1 aliphatic heterocycles. The number of methoxy groups -OCH3 is 1. The molecular formula is C37H36F3N3O6S. The van der Waals surface area contributed by atoms with Crippen LogP contribution >= 0.6 is 0 Å². The van der Waals surface area contributed by atoms with Crippen LogP contribution in [0, 0.1) is 22.9 Å². The number of aromatic nitrogens is 1. The molecule has 3 fully saturated rings. The molecular weight excluding hydrogens is 671 g/mol. The smallest absolute Gasteiger partial charge is 0.238 e. The van der Waals surface area contributed by atoms with Crippen LogP contribution in [0.25, 0.3) is 10.9 Å². The fourth-order valence-corrected chi connectivity index (χ4v) is 7.65. The van der Waals surface area contributed by atoms with E-state index in [1.54, 1.807) is 30.5 Å². The number of fused-ring (bicyclic) bond motifs is 1. The van der Waals surface area contributed by atoms with E-state index in [1.807, 2.05) is 0 Å². The third-order valence-corrected chi connectivity index (χ3v) is 11.1. The Kier molecular flexibility index (Phi) is 9.29. The molecule has 3 aromatic carbocycles. The van der Waals surface area contributed by atoms with Gasteiger partial charge in [-0.2, -0.15) is 0 Å². The van der Waals surface area contributed by atoms with E-state index >= 15 is 4.39 Å². The number of carbonyl (C=O) groups is 2. The van der Waals surface area contributed by atoms with Crippen molar-refractivity contribution in [2.45, 2.75) is 56.5 Å². The molecule has 2 saturated carbocycles. The summed E-state index contributed by atoms with van der Waals surface area (Å²) in [6, 6.07) is 12.6. The first-order valence-electron chi connectivity index (χ1n) is 16.5. The van der Waals surface area contributed by atoms with E-state index in [4.69, 9.17) is 14.2 Å². The van der Waals surface area contributed by atoms with Crippen molar-refractivity contribution in [2.24, 2.45) is 5.41 Å². The number of Topliss-reactive ketones (excluding diaryl/α,β-unsaturated/α-hetero) is 1. The largest absolute Gasteiger partial charge is 0.493 e. The van der Waals surface area contributed by atoms with Crippen molar-refractivity contribution < 1.29 is 41.2 Å². The van der Waals surface area contributed by atoms with Crippen molar-refractivity contribution in [1.29, 1.82) is 0 Å². The lowest BCUT2D eigenvalue weighted by atomic mass is 9.94. The van der Waals surface area contributed by atoms with Crippen LogP contribution in [0.3, 0.4) is 0 Å². The van der Waals surface area contributed by atoms with Crippen LogP contribution in [-0.2, 0) is 26.8 Å². The summed E-state index contributed by atoms with van der Waals surface area (Å²) in [5, 5.41) is 6.79. The summed E-state index contributed by atoms with van der Waals surface area (Å²) >= 11 is 0. The Balaban J connectivity index is 1.01. The summed E-state index contributed by atoms with van der Waals surface area (Å²) < 4.78 is 71.9. The number of hydrogen-bond donors (Lipinski definition) is 2.